The van der Waals surface area contributed by atoms with E-state index >= 15 is 0 Å². The van der Waals surface area contributed by atoms with Gasteiger partial charge in [-0.25, -0.2) is 4.79 Å². The Balaban J connectivity index is 2.18. The van der Waals surface area contributed by atoms with Crippen LogP contribution in [0.1, 0.15) is 60.4 Å². The van der Waals surface area contributed by atoms with Gasteiger partial charge in [0, 0.05) is 22.5 Å². The number of aromatic carboxylic acids is 1. The first-order valence-electron chi connectivity index (χ1n) is 8.39. The van der Waals surface area contributed by atoms with Crippen molar-refractivity contribution in [1.82, 2.24) is 0 Å². The molecule has 0 saturated carbocycles. The van der Waals surface area contributed by atoms with Crippen LogP contribution in [0.15, 0.2) is 42.5 Å². The first-order chi connectivity index (χ1) is 11.7. The smallest absolute Gasteiger partial charge is 0.335 e. The number of carboxylic acids is 1. The number of aldehydes is 1. The molecule has 2 aromatic carbocycles. The van der Waals surface area contributed by atoms with Gasteiger partial charge >= 0.3 is 5.97 Å². The van der Waals surface area contributed by atoms with Gasteiger partial charge in [-0.05, 0) is 73.7 Å². The fraction of sp³-hybridized carbons (Fsp3) is 0.333. The normalized spacial score (nSPS) is 17.7. The summed E-state index contributed by atoms with van der Waals surface area (Å²) in [4.78, 5) is 24.6. The van der Waals surface area contributed by atoms with E-state index in [4.69, 9.17) is 5.11 Å². The van der Waals surface area contributed by atoms with Crippen molar-refractivity contribution in [3.8, 4) is 0 Å². The maximum atomic E-state index is 11.2. The molecular formula is C21H23NO3. The molecule has 0 amide bonds. The molecule has 4 heteroatoms. The van der Waals surface area contributed by atoms with Crippen LogP contribution in [-0.4, -0.2) is 22.9 Å². The lowest BCUT2D eigenvalue weighted by molar-refractivity contribution is 0.0696. The van der Waals surface area contributed by atoms with E-state index in [0.717, 1.165) is 29.6 Å². The van der Waals surface area contributed by atoms with Crippen LogP contribution in [0.2, 0.25) is 0 Å². The number of rotatable bonds is 3. The zero-order valence-corrected chi connectivity index (χ0v) is 15.0. The molecule has 0 radical (unpaired) electrons. The van der Waals surface area contributed by atoms with E-state index in [2.05, 4.69) is 32.6 Å². The van der Waals surface area contributed by atoms with Gasteiger partial charge in [-0.2, -0.15) is 0 Å². The van der Waals surface area contributed by atoms with Crippen LogP contribution >= 0.6 is 0 Å². The lowest BCUT2D eigenvalue weighted by Crippen LogP contribution is -2.49. The summed E-state index contributed by atoms with van der Waals surface area (Å²) in [7, 11) is 0. The van der Waals surface area contributed by atoms with Crippen LogP contribution in [0.4, 0.5) is 11.4 Å². The van der Waals surface area contributed by atoms with Crippen LogP contribution in [0.3, 0.4) is 0 Å². The monoisotopic (exact) mass is 337 g/mol. The lowest BCUT2D eigenvalue weighted by atomic mass is 9.69. The van der Waals surface area contributed by atoms with E-state index in [9.17, 15) is 9.59 Å². The third-order valence-electron chi connectivity index (χ3n) is 4.98. The van der Waals surface area contributed by atoms with E-state index in [1.54, 1.807) is 12.1 Å². The Morgan fingerprint density at radius 1 is 1.08 bits per heavy atom. The molecule has 2 aromatic rings. The SMILES string of the molecule is CC1(C)CC(C)(C)N(c2ccc(C(=O)O)cc2)c2ccc(C=O)cc21. The van der Waals surface area contributed by atoms with Crippen LogP contribution in [0, 0.1) is 0 Å². The van der Waals surface area contributed by atoms with Crippen molar-refractivity contribution in [3.63, 3.8) is 0 Å². The highest BCUT2D eigenvalue weighted by Crippen LogP contribution is 2.50. The van der Waals surface area contributed by atoms with Crippen molar-refractivity contribution >= 4 is 23.6 Å². The second kappa shape index (κ2) is 5.73. The molecule has 0 saturated heterocycles. The van der Waals surface area contributed by atoms with E-state index < -0.39 is 5.97 Å². The second-order valence-corrected chi connectivity index (χ2v) is 7.95. The van der Waals surface area contributed by atoms with E-state index in [1.165, 1.54) is 0 Å². The first kappa shape index (κ1) is 17.2. The molecule has 0 bridgehead atoms. The van der Waals surface area contributed by atoms with Crippen LogP contribution < -0.4 is 4.90 Å². The number of benzene rings is 2. The number of carbonyl (C=O) groups excluding carboxylic acids is 1. The van der Waals surface area contributed by atoms with Crippen molar-refractivity contribution in [3.05, 3.63) is 59.2 Å². The van der Waals surface area contributed by atoms with Gasteiger partial charge in [-0.15, -0.1) is 0 Å². The Hall–Kier alpha value is -2.62. The molecule has 1 aliphatic rings. The van der Waals surface area contributed by atoms with Crippen LogP contribution in [0.25, 0.3) is 0 Å². The minimum atomic E-state index is -0.929. The third kappa shape index (κ3) is 2.93. The van der Waals surface area contributed by atoms with Gasteiger partial charge in [0.15, 0.2) is 0 Å². The van der Waals surface area contributed by atoms with Crippen molar-refractivity contribution in [1.29, 1.82) is 0 Å². The summed E-state index contributed by atoms with van der Waals surface area (Å²) in [6, 6.07) is 12.8. The predicted molar refractivity (Wildman–Crippen MR) is 99.1 cm³/mol. The lowest BCUT2D eigenvalue weighted by Gasteiger charge is -2.51. The Morgan fingerprint density at radius 3 is 2.28 bits per heavy atom. The van der Waals surface area contributed by atoms with Crippen LogP contribution in [0.5, 0.6) is 0 Å². The molecule has 1 N–H and O–H groups in total. The number of fused-ring (bicyclic) bond motifs is 1. The topological polar surface area (TPSA) is 57.6 Å². The second-order valence-electron chi connectivity index (χ2n) is 7.95. The largest absolute Gasteiger partial charge is 0.478 e. The van der Waals surface area contributed by atoms with Crippen molar-refractivity contribution in [2.75, 3.05) is 4.90 Å². The molecular weight excluding hydrogens is 314 g/mol. The fourth-order valence-electron chi connectivity index (χ4n) is 4.19. The molecule has 130 valence electrons. The van der Waals surface area contributed by atoms with E-state index in [1.807, 2.05) is 30.3 Å². The van der Waals surface area contributed by atoms with Crippen molar-refractivity contribution in [2.45, 2.75) is 45.1 Å². The molecule has 3 rings (SSSR count). The molecule has 0 fully saturated rings. The summed E-state index contributed by atoms with van der Waals surface area (Å²) < 4.78 is 0. The molecule has 0 atom stereocenters. The van der Waals surface area contributed by atoms with Gasteiger partial charge in [-0.3, -0.25) is 4.79 Å². The van der Waals surface area contributed by atoms with Gasteiger partial charge < -0.3 is 10.0 Å². The van der Waals surface area contributed by atoms with Gasteiger partial charge in [0.1, 0.15) is 6.29 Å². The molecule has 4 nitrogen and oxygen atoms in total. The highest BCUT2D eigenvalue weighted by Gasteiger charge is 2.42. The van der Waals surface area contributed by atoms with Gasteiger partial charge in [0.2, 0.25) is 0 Å². The summed E-state index contributed by atoms with van der Waals surface area (Å²) in [6.07, 6.45) is 1.79. The van der Waals surface area contributed by atoms with Gasteiger partial charge in [0.25, 0.3) is 0 Å². The Kier molecular flexibility index (Phi) is 3.94. The number of carboxylic acid groups (broad SMARTS) is 1. The van der Waals surface area contributed by atoms with E-state index in [0.29, 0.717) is 5.56 Å². The van der Waals surface area contributed by atoms with E-state index in [-0.39, 0.29) is 16.5 Å². The molecule has 1 aliphatic heterocycles. The summed E-state index contributed by atoms with van der Waals surface area (Å²) in [5.41, 5.74) is 3.89. The molecule has 0 unspecified atom stereocenters. The maximum absolute atomic E-state index is 11.2. The minimum Gasteiger partial charge on any atom is -0.478 e. The average Bonchev–Trinajstić information content (AvgIpc) is 2.53. The van der Waals surface area contributed by atoms with Gasteiger partial charge in [0.05, 0.1) is 5.56 Å². The summed E-state index contributed by atoms with van der Waals surface area (Å²) in [6.45, 7) is 8.78. The quantitative estimate of drug-likeness (QED) is 0.818. The van der Waals surface area contributed by atoms with Crippen LogP contribution in [-0.2, 0) is 5.41 Å². The third-order valence-corrected chi connectivity index (χ3v) is 4.98. The molecule has 0 aliphatic carbocycles. The number of anilines is 2. The number of nitrogens with zero attached hydrogens (tertiary/aromatic N) is 1. The highest BCUT2D eigenvalue weighted by atomic mass is 16.4. The number of hydrogen-bond donors (Lipinski definition) is 1. The van der Waals surface area contributed by atoms with Crippen molar-refractivity contribution in [2.24, 2.45) is 0 Å². The molecule has 0 spiro atoms. The molecule has 25 heavy (non-hydrogen) atoms. The van der Waals surface area contributed by atoms with Crippen molar-refractivity contribution < 1.29 is 14.7 Å². The highest BCUT2D eigenvalue weighted by molar-refractivity contribution is 5.88. The zero-order chi connectivity index (χ0) is 18.4. The summed E-state index contributed by atoms with van der Waals surface area (Å²) in [5.74, 6) is -0.929. The Morgan fingerprint density at radius 2 is 1.72 bits per heavy atom. The predicted octanol–water partition coefficient (Wildman–Crippen LogP) is 4.80. The average molecular weight is 337 g/mol. The standard InChI is InChI=1S/C21H23NO3/c1-20(2)13-21(3,4)22(16-8-6-15(7-9-16)19(24)25)18-10-5-14(12-23)11-17(18)20/h5-12H,13H2,1-4H3,(H,24,25). The maximum Gasteiger partial charge on any atom is 0.335 e. The number of hydrogen-bond acceptors (Lipinski definition) is 3. The molecule has 1 heterocycles. The molecule has 0 aromatic heterocycles. The Labute approximate surface area is 148 Å². The Bertz CT molecular complexity index is 835. The summed E-state index contributed by atoms with van der Waals surface area (Å²) in [5, 5.41) is 9.13. The minimum absolute atomic E-state index is 0.0602. The summed E-state index contributed by atoms with van der Waals surface area (Å²) >= 11 is 0. The van der Waals surface area contributed by atoms with Gasteiger partial charge in [-0.1, -0.05) is 13.8 Å². The first-order valence-corrected chi connectivity index (χ1v) is 8.39. The fourth-order valence-corrected chi connectivity index (χ4v) is 4.19. The number of carbonyl (C=O) groups is 2. The zero-order valence-electron chi connectivity index (χ0n) is 15.0.